The predicted molar refractivity (Wildman–Crippen MR) is 76.4 cm³/mol. The third kappa shape index (κ3) is 2.58. The Morgan fingerprint density at radius 3 is 2.37 bits per heavy atom. The fraction of sp³-hybridized carbons (Fsp3) is 0.429. The number of hydrogen-bond donors (Lipinski definition) is 0. The molecule has 3 rings (SSSR count). The van der Waals surface area contributed by atoms with Gasteiger partial charge in [0.15, 0.2) is 0 Å². The Balaban J connectivity index is 0.00000133. The molecule has 0 bridgehead atoms. The molecule has 97 valence electrons. The molecule has 2 aromatic rings. The maximum Gasteiger partial charge on any atom is 0.469 e. The van der Waals surface area contributed by atoms with Crippen LogP contribution >= 0.6 is 11.3 Å². The van der Waals surface area contributed by atoms with Crippen LogP contribution in [0.1, 0.15) is 27.7 Å². The largest absolute Gasteiger partial charge is 0.469 e. The molecule has 1 aliphatic rings. The molecule has 0 aliphatic carbocycles. The molecule has 1 aliphatic heterocycles. The molecule has 0 spiro atoms. The Hall–Kier alpha value is 0.269. The molecular weight excluding hydrogens is 332 g/mol. The van der Waals surface area contributed by atoms with Crippen molar-refractivity contribution in [2.75, 3.05) is 0 Å². The summed E-state index contributed by atoms with van der Waals surface area (Å²) in [6.45, 7) is 8.31. The minimum Gasteiger partial charge on any atom is -0.401 e. The quantitative estimate of drug-likeness (QED) is 0.583. The third-order valence-corrected chi connectivity index (χ3v) is 4.81. The average Bonchev–Trinajstić information content (AvgIpc) is 2.81. The molecule has 1 aromatic heterocycles. The zero-order chi connectivity index (χ0) is 13.0. The van der Waals surface area contributed by atoms with Gasteiger partial charge in [0.1, 0.15) is 0 Å². The van der Waals surface area contributed by atoms with Crippen molar-refractivity contribution < 1.29 is 42.0 Å². The molecule has 1 aromatic carbocycles. The first-order valence-electron chi connectivity index (χ1n) is 6.14. The molecule has 0 amide bonds. The van der Waals surface area contributed by atoms with Crippen molar-refractivity contribution >= 4 is 34.0 Å². The van der Waals surface area contributed by atoms with Crippen molar-refractivity contribution in [3.05, 3.63) is 29.6 Å². The Morgan fingerprint density at radius 2 is 1.74 bits per heavy atom. The molecule has 0 saturated carbocycles. The maximum absolute atomic E-state index is 6.10. The van der Waals surface area contributed by atoms with Crippen molar-refractivity contribution in [3.63, 3.8) is 0 Å². The molecule has 1 saturated heterocycles. The monoisotopic (exact) mass is 348 g/mol. The second-order valence-corrected chi connectivity index (χ2v) is 6.60. The van der Waals surface area contributed by atoms with E-state index in [1.807, 2.05) is 12.1 Å². The first-order valence-corrected chi connectivity index (χ1v) is 7.02. The van der Waals surface area contributed by atoms with Crippen LogP contribution < -0.4 is 5.46 Å². The van der Waals surface area contributed by atoms with Crippen molar-refractivity contribution in [3.8, 4) is 0 Å². The minimum absolute atomic E-state index is 0. The Labute approximate surface area is 143 Å². The number of thiophene rings is 1. The van der Waals surface area contributed by atoms with Crippen LogP contribution in [0.4, 0.5) is 0 Å². The van der Waals surface area contributed by atoms with Crippen LogP contribution in [0.5, 0.6) is 0 Å². The zero-order valence-electron chi connectivity index (χ0n) is 11.7. The van der Waals surface area contributed by atoms with Gasteiger partial charge >= 0.3 is 7.12 Å². The van der Waals surface area contributed by atoms with E-state index >= 15 is 0 Å². The van der Waals surface area contributed by atoms with Crippen LogP contribution in [-0.2, 0) is 42.0 Å². The van der Waals surface area contributed by atoms with Crippen molar-refractivity contribution in [2.24, 2.45) is 0 Å². The topological polar surface area (TPSA) is 18.5 Å². The van der Waals surface area contributed by atoms with Crippen molar-refractivity contribution in [2.45, 2.75) is 38.9 Å². The van der Waals surface area contributed by atoms with E-state index in [0.29, 0.717) is 0 Å². The van der Waals surface area contributed by atoms with E-state index in [9.17, 15) is 0 Å². The third-order valence-electron chi connectivity index (χ3n) is 3.96. The summed E-state index contributed by atoms with van der Waals surface area (Å²) in [6, 6.07) is 9.33. The van der Waals surface area contributed by atoms with Crippen LogP contribution in [0.15, 0.2) is 23.6 Å². The molecular formula is C14H16BO2SY-. The van der Waals surface area contributed by atoms with Gasteiger partial charge in [-0.3, -0.25) is 0 Å². The molecule has 0 unspecified atom stereocenters. The van der Waals surface area contributed by atoms with Gasteiger partial charge in [-0.1, -0.05) is 4.70 Å². The average molecular weight is 348 g/mol. The first-order chi connectivity index (χ1) is 8.41. The molecule has 2 heterocycles. The second-order valence-electron chi connectivity index (χ2n) is 5.68. The molecule has 1 fully saturated rings. The van der Waals surface area contributed by atoms with Gasteiger partial charge < -0.3 is 9.31 Å². The Kier molecular flexibility index (Phi) is 4.31. The van der Waals surface area contributed by atoms with E-state index in [1.165, 1.54) is 5.39 Å². The molecule has 0 N–H and O–H groups in total. The van der Waals surface area contributed by atoms with Gasteiger partial charge in [-0.05, 0) is 33.1 Å². The van der Waals surface area contributed by atoms with Gasteiger partial charge in [-0.15, -0.1) is 16.9 Å². The minimum atomic E-state index is -0.292. The summed E-state index contributed by atoms with van der Waals surface area (Å²) in [7, 11) is -0.290. The van der Waals surface area contributed by atoms with E-state index in [2.05, 4.69) is 45.2 Å². The molecule has 5 heteroatoms. The fourth-order valence-electron chi connectivity index (χ4n) is 2.12. The Bertz CT molecular complexity index is 578. The second kappa shape index (κ2) is 5.23. The first kappa shape index (κ1) is 15.7. The summed E-state index contributed by atoms with van der Waals surface area (Å²) in [5.41, 5.74) is 0.516. The van der Waals surface area contributed by atoms with Gasteiger partial charge in [0.05, 0.1) is 11.2 Å². The van der Waals surface area contributed by atoms with Crippen LogP contribution in [-0.4, -0.2) is 18.3 Å². The summed E-state index contributed by atoms with van der Waals surface area (Å²) >= 11 is 1.69. The van der Waals surface area contributed by atoms with Crippen LogP contribution in [0.25, 0.3) is 10.1 Å². The smallest absolute Gasteiger partial charge is 0.401 e. The van der Waals surface area contributed by atoms with Gasteiger partial charge in [0.25, 0.3) is 0 Å². The number of rotatable bonds is 1. The van der Waals surface area contributed by atoms with E-state index < -0.39 is 0 Å². The zero-order valence-corrected chi connectivity index (χ0v) is 15.3. The summed E-state index contributed by atoms with van der Waals surface area (Å²) < 4.78 is 13.3. The fourth-order valence-corrected chi connectivity index (χ4v) is 2.91. The Morgan fingerprint density at radius 1 is 1.11 bits per heavy atom. The van der Waals surface area contributed by atoms with Crippen LogP contribution in [0.2, 0.25) is 0 Å². The normalized spacial score (nSPS) is 20.5. The van der Waals surface area contributed by atoms with Gasteiger partial charge in [0.2, 0.25) is 0 Å². The van der Waals surface area contributed by atoms with Gasteiger partial charge in [0, 0.05) is 32.7 Å². The summed E-state index contributed by atoms with van der Waals surface area (Å²) in [5.74, 6) is 0. The standard InChI is InChI=1S/C14H16BO2S.Y/c1-13(2)14(3,4)17-15(16-13)11-6-5-7-12-10(11)8-9-18-12;/h5-6,8-9H,1-4H3;/q-1;. The SMILES string of the molecule is CC1(C)OB(c2cc[c-]c3sccc23)OC1(C)C.[Y]. The number of fused-ring (bicyclic) bond motifs is 1. The summed E-state index contributed by atoms with van der Waals surface area (Å²) in [4.78, 5) is 0. The van der Waals surface area contributed by atoms with Gasteiger partial charge in [-0.2, -0.15) is 29.5 Å². The molecule has 19 heavy (non-hydrogen) atoms. The van der Waals surface area contributed by atoms with E-state index in [1.54, 1.807) is 11.3 Å². The molecule has 2 nitrogen and oxygen atoms in total. The summed E-state index contributed by atoms with van der Waals surface area (Å²) in [6.07, 6.45) is 0. The van der Waals surface area contributed by atoms with E-state index in [0.717, 1.165) is 10.2 Å². The van der Waals surface area contributed by atoms with E-state index in [-0.39, 0.29) is 51.0 Å². The van der Waals surface area contributed by atoms with Crippen LogP contribution in [0.3, 0.4) is 0 Å². The van der Waals surface area contributed by atoms with Gasteiger partial charge in [-0.25, -0.2) is 0 Å². The van der Waals surface area contributed by atoms with Crippen LogP contribution in [0, 0.1) is 6.07 Å². The number of hydrogen-bond acceptors (Lipinski definition) is 3. The van der Waals surface area contributed by atoms with Crippen molar-refractivity contribution in [1.29, 1.82) is 0 Å². The number of benzene rings is 1. The summed E-state index contributed by atoms with van der Waals surface area (Å²) in [5, 5.41) is 3.26. The molecule has 0 atom stereocenters. The van der Waals surface area contributed by atoms with E-state index in [4.69, 9.17) is 9.31 Å². The molecule has 1 radical (unpaired) electrons. The van der Waals surface area contributed by atoms with Crippen molar-refractivity contribution in [1.82, 2.24) is 0 Å². The predicted octanol–water partition coefficient (Wildman–Crippen LogP) is 3.00. The maximum atomic E-state index is 6.10.